The van der Waals surface area contributed by atoms with Crippen LogP contribution in [-0.4, -0.2) is 57.8 Å². The predicted octanol–water partition coefficient (Wildman–Crippen LogP) is 1.35. The maximum atomic E-state index is 12.3. The summed E-state index contributed by atoms with van der Waals surface area (Å²) >= 11 is 0. The van der Waals surface area contributed by atoms with Crippen LogP contribution in [0, 0.1) is 17.5 Å². The summed E-state index contributed by atoms with van der Waals surface area (Å²) in [5, 5.41) is 37.4. The van der Waals surface area contributed by atoms with Gasteiger partial charge in [-0.25, -0.2) is 16.8 Å². The molecule has 2 aliphatic heterocycles. The minimum Gasteiger partial charge on any atom is -0.423 e. The van der Waals surface area contributed by atoms with Crippen LogP contribution in [0.15, 0.2) is 94.7 Å². The topological polar surface area (TPSA) is 241 Å². The number of nitrogen functional groups attached to an aromatic ring is 1. The van der Waals surface area contributed by atoms with Crippen LogP contribution >= 0.6 is 0 Å². The second kappa shape index (κ2) is 17.7. The van der Waals surface area contributed by atoms with Crippen molar-refractivity contribution < 1.29 is 66.6 Å². The van der Waals surface area contributed by atoms with Crippen molar-refractivity contribution in [2.24, 2.45) is 0 Å². The summed E-state index contributed by atoms with van der Waals surface area (Å²) < 4.78 is 64.0. The van der Waals surface area contributed by atoms with Crippen LogP contribution in [0.2, 0.25) is 0 Å². The predicted molar refractivity (Wildman–Crippen MR) is 182 cm³/mol. The zero-order valence-electron chi connectivity index (χ0n) is 26.1. The Kier molecular flexibility index (Phi) is 14.9. The molecule has 20 heteroatoms. The van der Waals surface area contributed by atoms with Crippen LogP contribution in [0.3, 0.4) is 0 Å². The summed E-state index contributed by atoms with van der Waals surface area (Å²) in [5.41, 5.74) is 9.20. The molecule has 0 aliphatic carbocycles. The van der Waals surface area contributed by atoms with Crippen molar-refractivity contribution in [1.29, 1.82) is 0 Å². The van der Waals surface area contributed by atoms with Gasteiger partial charge in [-0.2, -0.15) is 0 Å². The molecule has 0 amide bonds. The molecule has 0 saturated heterocycles. The van der Waals surface area contributed by atoms with Crippen LogP contribution in [0.5, 0.6) is 0 Å². The first-order chi connectivity index (χ1) is 22.2. The summed E-state index contributed by atoms with van der Waals surface area (Å²) in [6, 6.07) is 20.1. The van der Waals surface area contributed by atoms with Crippen molar-refractivity contribution in [3.63, 3.8) is 0 Å². The number of nitro benzene ring substituents is 1. The van der Waals surface area contributed by atoms with Crippen LogP contribution in [0.4, 0.5) is 22.7 Å². The molecule has 49 heavy (non-hydrogen) atoms. The fourth-order valence-corrected chi connectivity index (χ4v) is 6.48. The van der Waals surface area contributed by atoms with Gasteiger partial charge in [-0.3, -0.25) is 19.6 Å². The van der Waals surface area contributed by atoms with Gasteiger partial charge in [0.25, 0.3) is 25.7 Å². The Morgan fingerprint density at radius 1 is 0.776 bits per heavy atom. The Hall–Kier alpha value is -3.83. The number of benzene rings is 4. The van der Waals surface area contributed by atoms with Crippen molar-refractivity contribution in [2.45, 2.75) is 29.9 Å². The number of hydrogen-bond donors (Lipinski definition) is 6. The van der Waals surface area contributed by atoms with Crippen molar-refractivity contribution in [1.82, 2.24) is 0 Å². The molecule has 2 heterocycles. The van der Waals surface area contributed by atoms with Crippen LogP contribution in [-0.2, 0) is 63.0 Å². The monoisotopic (exact) mass is 805 g/mol. The first kappa shape index (κ1) is 41.3. The zero-order valence-corrected chi connectivity index (χ0v) is 29.3. The molecule has 0 atom stereocenters. The van der Waals surface area contributed by atoms with Gasteiger partial charge in [0, 0.05) is 56.2 Å². The molecule has 0 radical (unpaired) electrons. The number of nitrogens with two attached hydrogens (primary N) is 1. The van der Waals surface area contributed by atoms with E-state index in [-0.39, 0.29) is 62.2 Å². The van der Waals surface area contributed by atoms with Crippen LogP contribution in [0.1, 0.15) is 18.1 Å². The minimum absolute atomic E-state index is 0. The van der Waals surface area contributed by atoms with E-state index >= 15 is 0 Å². The Labute approximate surface area is 298 Å². The number of fused-ring (bicyclic) bond motifs is 2. The van der Waals surface area contributed by atoms with E-state index in [0.717, 1.165) is 35.4 Å². The molecular formula is C29H33B2N4O11PdS2-. The second-order valence-electron chi connectivity index (χ2n) is 10.0. The Morgan fingerprint density at radius 2 is 1.14 bits per heavy atom. The van der Waals surface area contributed by atoms with E-state index in [1.54, 1.807) is 37.3 Å². The third kappa shape index (κ3) is 10.6. The number of aliphatic hydroxyl groups excluding tert-OH is 1. The number of hydrogen-bond acceptors (Lipinski definition) is 12. The molecule has 15 nitrogen and oxygen atoms in total. The van der Waals surface area contributed by atoms with E-state index in [9.17, 15) is 37.0 Å². The quantitative estimate of drug-likeness (QED) is 0.0510. The molecule has 2 aliphatic rings. The SMILES string of the molecule is CCO.Nc1ccc(S(=O)(=O)Nc2ccc3c(c2)B(O)OC3)cc1.O=[N+]([O-])c1ccc(S(=O)(=O)Nc2ccc3c(c2)B(O)OC3)cc1.[CH3-].[Pd]. The Balaban J connectivity index is 0.000000304. The summed E-state index contributed by atoms with van der Waals surface area (Å²) in [6.07, 6.45) is 0. The smallest absolute Gasteiger partial charge is 0.423 e. The molecule has 0 bridgehead atoms. The van der Waals surface area contributed by atoms with Crippen molar-refractivity contribution >= 4 is 68.0 Å². The molecule has 264 valence electrons. The number of nitrogens with one attached hydrogen (secondary N) is 2. The van der Waals surface area contributed by atoms with Crippen LogP contribution in [0.25, 0.3) is 0 Å². The number of anilines is 3. The summed E-state index contributed by atoms with van der Waals surface area (Å²) in [6.45, 7) is 2.52. The van der Waals surface area contributed by atoms with Gasteiger partial charge in [-0.1, -0.05) is 12.1 Å². The molecule has 4 aromatic carbocycles. The molecule has 7 N–H and O–H groups in total. The maximum Gasteiger partial charge on any atom is 0.491 e. The van der Waals surface area contributed by atoms with Gasteiger partial charge in [0.1, 0.15) is 0 Å². The minimum atomic E-state index is -3.89. The molecule has 6 rings (SSSR count). The average molecular weight is 806 g/mol. The first-order valence-corrected chi connectivity index (χ1v) is 16.8. The molecule has 0 spiro atoms. The van der Waals surface area contributed by atoms with Gasteiger partial charge in [0.2, 0.25) is 0 Å². The van der Waals surface area contributed by atoms with E-state index < -0.39 is 39.2 Å². The average Bonchev–Trinajstić information content (AvgIpc) is 3.59. The maximum absolute atomic E-state index is 12.3. The van der Waals surface area contributed by atoms with E-state index in [1.165, 1.54) is 30.3 Å². The molecule has 0 unspecified atom stereocenters. The Morgan fingerprint density at radius 3 is 1.51 bits per heavy atom. The van der Waals surface area contributed by atoms with E-state index in [2.05, 4.69) is 9.44 Å². The second-order valence-corrected chi connectivity index (χ2v) is 13.4. The zero-order chi connectivity index (χ0) is 34.4. The van der Waals surface area contributed by atoms with Crippen molar-refractivity contribution in [3.8, 4) is 0 Å². The van der Waals surface area contributed by atoms with Gasteiger partial charge in [-0.05, 0) is 89.6 Å². The molecule has 4 aromatic rings. The van der Waals surface area contributed by atoms with E-state index in [1.807, 2.05) is 0 Å². The van der Waals surface area contributed by atoms with Crippen LogP contribution < -0.4 is 26.1 Å². The molecular weight excluding hydrogens is 773 g/mol. The number of rotatable bonds is 7. The number of non-ortho nitro benzene ring substituents is 1. The van der Waals surface area contributed by atoms with Gasteiger partial charge in [0.05, 0.1) is 27.9 Å². The number of aliphatic hydroxyl groups is 1. The van der Waals surface area contributed by atoms with E-state index in [0.29, 0.717) is 28.9 Å². The standard InChI is InChI=1S/C13H11BN2O6S.C13H13BN2O4S.C2H6O.CH3.Pd/c17-14-13-7-10(2-1-9(13)8-22-14)15-23(20,21)12-5-3-11(4-6-12)16(18)19;15-10-2-5-12(6-3-10)21(18,19)16-11-4-1-9-8-20-14(17)13(9)7-11;1-2-3;;/h1-7,15,17H,8H2;1-7,16-17H,8,15H2;3H,2H2,1H3;1H3;/q;;;-1;. The third-order valence-electron chi connectivity index (χ3n) is 6.67. The summed E-state index contributed by atoms with van der Waals surface area (Å²) in [7, 11) is -9.67. The number of nitrogens with zero attached hydrogens (tertiary/aromatic N) is 1. The van der Waals surface area contributed by atoms with Gasteiger partial charge in [-0.15, -0.1) is 0 Å². The number of sulfonamides is 2. The normalized spacial score (nSPS) is 12.8. The van der Waals surface area contributed by atoms with Crippen molar-refractivity contribution in [3.05, 3.63) is 114 Å². The Bertz CT molecular complexity index is 1960. The van der Waals surface area contributed by atoms with Gasteiger partial charge < -0.3 is 37.6 Å². The number of nitro groups is 1. The molecule has 0 fully saturated rings. The van der Waals surface area contributed by atoms with E-state index in [4.69, 9.17) is 20.1 Å². The summed E-state index contributed by atoms with van der Waals surface area (Å²) in [5.74, 6) is 0. The third-order valence-corrected chi connectivity index (χ3v) is 9.46. The first-order valence-electron chi connectivity index (χ1n) is 13.9. The largest absolute Gasteiger partial charge is 0.491 e. The fraction of sp³-hybridized carbons (Fsp3) is 0.138. The fourth-order valence-electron chi connectivity index (χ4n) is 4.38. The van der Waals surface area contributed by atoms with Gasteiger partial charge in [0.15, 0.2) is 0 Å². The molecule has 0 aromatic heterocycles. The summed E-state index contributed by atoms with van der Waals surface area (Å²) in [4.78, 5) is 10.0. The van der Waals surface area contributed by atoms with Gasteiger partial charge >= 0.3 is 14.2 Å². The molecule has 0 saturated carbocycles. The van der Waals surface area contributed by atoms with Crippen molar-refractivity contribution in [2.75, 3.05) is 21.8 Å².